The summed E-state index contributed by atoms with van der Waals surface area (Å²) >= 11 is 1.22. The van der Waals surface area contributed by atoms with Gasteiger partial charge < -0.3 is 9.52 Å². The lowest BCUT2D eigenvalue weighted by Crippen LogP contribution is -2.58. The van der Waals surface area contributed by atoms with Gasteiger partial charge in [-0.3, -0.25) is 0 Å². The van der Waals surface area contributed by atoms with Crippen LogP contribution in [0.4, 0.5) is 0 Å². The Labute approximate surface area is 197 Å². The molecule has 1 saturated heterocycles. The molecule has 0 aliphatic carbocycles. The second-order valence-corrected chi connectivity index (χ2v) is 9.41. The summed E-state index contributed by atoms with van der Waals surface area (Å²) in [5.74, 6) is 0.828. The normalized spacial score (nSPS) is 19.2. The SMILES string of the molecule is Cc1nc(C)c(C(O)C2C(C(c3ccccc3)(c3ccccc3)c3ccccc3)S[N+]2=O)o1. The minimum absolute atomic E-state index is 0.276. The van der Waals surface area contributed by atoms with E-state index in [1.165, 1.54) is 11.9 Å². The van der Waals surface area contributed by atoms with E-state index in [0.717, 1.165) is 20.9 Å². The first-order valence-electron chi connectivity index (χ1n) is 10.9. The summed E-state index contributed by atoms with van der Waals surface area (Å²) in [4.78, 5) is 17.3. The van der Waals surface area contributed by atoms with Gasteiger partial charge >= 0.3 is 0 Å². The standard InChI is InChI=1S/C27H25N2O3S/c1-18-25(32-19(2)28-18)24(30)23-26(33-29(23)31)27(20-12-6-3-7-13-20,21-14-8-4-9-15-21)22-16-10-5-11-17-22/h3-17,23-24,26,30H,1-2H3/q+1. The van der Waals surface area contributed by atoms with E-state index in [-0.39, 0.29) is 5.25 Å². The van der Waals surface area contributed by atoms with Crippen LogP contribution in [0.25, 0.3) is 0 Å². The van der Waals surface area contributed by atoms with Crippen LogP contribution in [0, 0.1) is 18.8 Å². The van der Waals surface area contributed by atoms with Gasteiger partial charge in [0, 0.05) is 11.8 Å². The lowest BCUT2D eigenvalue weighted by molar-refractivity contribution is -0.472. The van der Waals surface area contributed by atoms with Gasteiger partial charge in [-0.05, 0) is 23.6 Å². The fourth-order valence-corrected chi connectivity index (χ4v) is 6.34. The molecule has 3 unspecified atom stereocenters. The summed E-state index contributed by atoms with van der Waals surface area (Å²) in [6.07, 6.45) is -1.11. The van der Waals surface area contributed by atoms with Gasteiger partial charge in [0.2, 0.25) is 11.9 Å². The number of benzene rings is 3. The summed E-state index contributed by atoms with van der Waals surface area (Å²) in [7, 11) is 0. The molecule has 5 rings (SSSR count). The van der Waals surface area contributed by atoms with E-state index in [4.69, 9.17) is 4.42 Å². The minimum atomic E-state index is -1.11. The van der Waals surface area contributed by atoms with Crippen molar-refractivity contribution in [2.75, 3.05) is 0 Å². The highest BCUT2D eigenvalue weighted by Crippen LogP contribution is 2.55. The van der Waals surface area contributed by atoms with E-state index < -0.39 is 17.6 Å². The van der Waals surface area contributed by atoms with Gasteiger partial charge in [0.25, 0.3) is 6.04 Å². The van der Waals surface area contributed by atoms with Gasteiger partial charge in [-0.2, -0.15) is 0 Å². The molecule has 0 amide bonds. The lowest BCUT2D eigenvalue weighted by Gasteiger charge is -2.44. The van der Waals surface area contributed by atoms with Crippen molar-refractivity contribution in [1.29, 1.82) is 0 Å². The molecule has 1 aliphatic rings. The fraction of sp³-hybridized carbons (Fsp3) is 0.222. The monoisotopic (exact) mass is 457 g/mol. The van der Waals surface area contributed by atoms with Crippen LogP contribution in [0.2, 0.25) is 0 Å². The Morgan fingerprint density at radius 2 is 1.33 bits per heavy atom. The summed E-state index contributed by atoms with van der Waals surface area (Å²) in [6.45, 7) is 3.54. The molecule has 1 fully saturated rings. The molecule has 0 bridgehead atoms. The zero-order valence-corrected chi connectivity index (χ0v) is 19.3. The Hall–Kier alpha value is -3.22. The number of hydrogen-bond acceptors (Lipinski definition) is 5. The zero-order valence-electron chi connectivity index (χ0n) is 18.5. The second-order valence-electron chi connectivity index (χ2n) is 8.34. The van der Waals surface area contributed by atoms with E-state index in [2.05, 4.69) is 41.4 Å². The van der Waals surface area contributed by atoms with Crippen LogP contribution in [0.15, 0.2) is 95.4 Å². The molecule has 2 heterocycles. The summed E-state index contributed by atoms with van der Waals surface area (Å²) in [6, 6.07) is 29.9. The Kier molecular flexibility index (Phi) is 5.64. The molecule has 0 saturated carbocycles. The lowest BCUT2D eigenvalue weighted by atomic mass is 9.64. The van der Waals surface area contributed by atoms with Gasteiger partial charge in [-0.25, -0.2) is 4.98 Å². The zero-order chi connectivity index (χ0) is 23.0. The predicted molar refractivity (Wildman–Crippen MR) is 129 cm³/mol. The average molecular weight is 458 g/mol. The van der Waals surface area contributed by atoms with E-state index >= 15 is 0 Å². The number of aliphatic hydroxyl groups is 1. The topological polar surface area (TPSA) is 66.3 Å². The van der Waals surface area contributed by atoms with Gasteiger partial charge in [-0.15, -0.1) is 0 Å². The van der Waals surface area contributed by atoms with Crippen LogP contribution in [-0.4, -0.2) is 25.5 Å². The molecular weight excluding hydrogens is 432 g/mol. The molecule has 33 heavy (non-hydrogen) atoms. The maximum atomic E-state index is 13.0. The third-order valence-corrected chi connectivity index (χ3v) is 7.73. The van der Waals surface area contributed by atoms with Gasteiger partial charge in [-0.1, -0.05) is 91.0 Å². The molecule has 3 atom stereocenters. The first-order chi connectivity index (χ1) is 16.0. The number of oxazole rings is 1. The Morgan fingerprint density at radius 3 is 1.70 bits per heavy atom. The first kappa shape index (κ1) is 21.6. The smallest absolute Gasteiger partial charge is 0.269 e. The van der Waals surface area contributed by atoms with Crippen molar-refractivity contribution in [2.45, 2.75) is 36.7 Å². The highest BCUT2D eigenvalue weighted by Gasteiger charge is 2.67. The number of nitroso groups, excluding NO2 is 1. The number of aliphatic hydroxyl groups excluding tert-OH is 1. The molecule has 0 spiro atoms. The quantitative estimate of drug-likeness (QED) is 0.234. The molecule has 166 valence electrons. The summed E-state index contributed by atoms with van der Waals surface area (Å²) in [5.41, 5.74) is 3.14. The van der Waals surface area contributed by atoms with Crippen LogP contribution in [0.3, 0.4) is 0 Å². The Bertz CT molecular complexity index is 1160. The average Bonchev–Trinajstić information content (AvgIpc) is 3.19. The van der Waals surface area contributed by atoms with Crippen molar-refractivity contribution in [2.24, 2.45) is 0 Å². The molecule has 1 N–H and O–H groups in total. The number of nitrogens with zero attached hydrogens (tertiary/aromatic N) is 2. The van der Waals surface area contributed by atoms with Crippen molar-refractivity contribution in [1.82, 2.24) is 4.98 Å². The largest absolute Gasteiger partial charge is 0.443 e. The first-order valence-corrected chi connectivity index (χ1v) is 11.8. The van der Waals surface area contributed by atoms with Crippen LogP contribution in [0.1, 0.15) is 40.1 Å². The van der Waals surface area contributed by atoms with Crippen LogP contribution >= 0.6 is 11.9 Å². The third kappa shape index (κ3) is 3.50. The molecule has 1 aliphatic heterocycles. The van der Waals surface area contributed by atoms with Crippen LogP contribution < -0.4 is 0 Å². The van der Waals surface area contributed by atoms with E-state index in [0.29, 0.717) is 17.3 Å². The number of rotatable bonds is 6. The predicted octanol–water partition coefficient (Wildman–Crippen LogP) is 5.54. The van der Waals surface area contributed by atoms with E-state index in [9.17, 15) is 10.0 Å². The molecule has 1 aromatic heterocycles. The van der Waals surface area contributed by atoms with Crippen molar-refractivity contribution in [3.05, 3.63) is 130 Å². The molecular formula is C27H25N2O3S+. The maximum absolute atomic E-state index is 13.0. The third-order valence-electron chi connectivity index (χ3n) is 6.42. The molecule has 0 radical (unpaired) electrons. The fourth-order valence-electron chi connectivity index (χ4n) is 4.98. The summed E-state index contributed by atoms with van der Waals surface area (Å²) < 4.78 is 6.62. The maximum Gasteiger partial charge on any atom is 0.269 e. The van der Waals surface area contributed by atoms with Crippen molar-refractivity contribution < 1.29 is 13.7 Å². The molecule has 5 nitrogen and oxygen atoms in total. The Morgan fingerprint density at radius 1 is 0.879 bits per heavy atom. The van der Waals surface area contributed by atoms with Crippen molar-refractivity contribution in [3.8, 4) is 0 Å². The highest BCUT2D eigenvalue weighted by atomic mass is 32.2. The Balaban J connectivity index is 1.74. The highest BCUT2D eigenvalue weighted by molar-refractivity contribution is 7.95. The number of aromatic nitrogens is 1. The second kappa shape index (κ2) is 8.61. The van der Waals surface area contributed by atoms with Gasteiger partial charge in [0.1, 0.15) is 0 Å². The molecule has 3 aromatic carbocycles. The van der Waals surface area contributed by atoms with Gasteiger partial charge in [0.05, 0.1) is 15.3 Å². The number of aryl methyl sites for hydroxylation is 2. The number of hydrogen-bond donors (Lipinski definition) is 1. The van der Waals surface area contributed by atoms with Gasteiger partial charge in [0.15, 0.2) is 23.0 Å². The summed E-state index contributed by atoms with van der Waals surface area (Å²) in [5, 5.41) is 11.1. The van der Waals surface area contributed by atoms with E-state index in [1.54, 1.807) is 13.8 Å². The van der Waals surface area contributed by atoms with E-state index in [1.807, 2.05) is 54.6 Å². The van der Waals surface area contributed by atoms with Crippen LogP contribution in [0.5, 0.6) is 0 Å². The van der Waals surface area contributed by atoms with Crippen molar-refractivity contribution >= 4 is 11.9 Å². The minimum Gasteiger partial charge on any atom is -0.443 e. The van der Waals surface area contributed by atoms with Crippen LogP contribution in [-0.2, 0) is 5.41 Å². The molecule has 6 heteroatoms. The van der Waals surface area contributed by atoms with Crippen molar-refractivity contribution in [3.63, 3.8) is 0 Å². The molecule has 4 aromatic rings.